The number of hydrogen-bond donors (Lipinski definition) is 1. The molecule has 0 aliphatic rings. The van der Waals surface area contributed by atoms with E-state index < -0.39 is 0 Å². The molecule has 0 radical (unpaired) electrons. The van der Waals surface area contributed by atoms with Gasteiger partial charge in [-0.05, 0) is 42.8 Å². The summed E-state index contributed by atoms with van der Waals surface area (Å²) in [4.78, 5) is 0. The third-order valence-corrected chi connectivity index (χ3v) is 3.93. The van der Waals surface area contributed by atoms with E-state index in [4.69, 9.17) is 21.1 Å². The summed E-state index contributed by atoms with van der Waals surface area (Å²) in [7, 11) is 1.67. The topological polar surface area (TPSA) is 30.5 Å². The smallest absolute Gasteiger partial charge is 0.121 e. The van der Waals surface area contributed by atoms with Crippen molar-refractivity contribution in [2.24, 2.45) is 0 Å². The van der Waals surface area contributed by atoms with Crippen LogP contribution in [0.15, 0.2) is 46.9 Å². The number of methoxy groups -OCH3 is 1. The van der Waals surface area contributed by atoms with E-state index in [1.165, 1.54) is 5.56 Å². The third-order valence-electron chi connectivity index (χ3n) is 3.25. The van der Waals surface area contributed by atoms with Gasteiger partial charge in [0.25, 0.3) is 0 Å². The van der Waals surface area contributed by atoms with Crippen molar-refractivity contribution in [3.05, 3.63) is 57.5 Å². The van der Waals surface area contributed by atoms with Gasteiger partial charge in [0, 0.05) is 22.1 Å². The Bertz CT molecular complexity index is 601. The van der Waals surface area contributed by atoms with Gasteiger partial charge in [-0.15, -0.1) is 0 Å². The molecule has 3 nitrogen and oxygen atoms in total. The number of nitrogens with one attached hydrogen (secondary N) is 1. The molecule has 22 heavy (non-hydrogen) atoms. The van der Waals surface area contributed by atoms with Gasteiger partial charge in [0.1, 0.15) is 18.1 Å². The molecule has 0 bridgehead atoms. The van der Waals surface area contributed by atoms with Gasteiger partial charge in [0.15, 0.2) is 0 Å². The van der Waals surface area contributed by atoms with Gasteiger partial charge in [-0.3, -0.25) is 0 Å². The van der Waals surface area contributed by atoms with Gasteiger partial charge >= 0.3 is 0 Å². The largest absolute Gasteiger partial charge is 0.497 e. The molecule has 0 amide bonds. The van der Waals surface area contributed by atoms with Crippen LogP contribution in [0.5, 0.6) is 11.5 Å². The number of ether oxygens (including phenoxy) is 2. The van der Waals surface area contributed by atoms with Crippen LogP contribution in [-0.4, -0.2) is 20.3 Å². The minimum Gasteiger partial charge on any atom is -0.497 e. The minimum absolute atomic E-state index is 0.227. The lowest BCUT2D eigenvalue weighted by molar-refractivity contribution is 0.307. The van der Waals surface area contributed by atoms with Gasteiger partial charge in [-0.1, -0.05) is 39.7 Å². The summed E-state index contributed by atoms with van der Waals surface area (Å²) in [5, 5.41) is 4.08. The molecular formula is C17H19BrClNO2. The van der Waals surface area contributed by atoms with E-state index in [1.54, 1.807) is 13.2 Å². The molecule has 0 aliphatic carbocycles. The highest BCUT2D eigenvalue weighted by atomic mass is 79.9. The Hall–Kier alpha value is -1.23. The Morgan fingerprint density at radius 1 is 1.18 bits per heavy atom. The van der Waals surface area contributed by atoms with E-state index in [1.807, 2.05) is 30.3 Å². The van der Waals surface area contributed by atoms with Crippen LogP contribution >= 0.6 is 27.5 Å². The molecule has 0 saturated heterocycles. The highest BCUT2D eigenvalue weighted by Crippen LogP contribution is 2.24. The van der Waals surface area contributed by atoms with Crippen molar-refractivity contribution in [3.63, 3.8) is 0 Å². The fourth-order valence-corrected chi connectivity index (χ4v) is 2.91. The zero-order valence-corrected chi connectivity index (χ0v) is 14.9. The van der Waals surface area contributed by atoms with E-state index in [0.29, 0.717) is 11.6 Å². The maximum atomic E-state index is 5.98. The lowest BCUT2D eigenvalue weighted by Crippen LogP contribution is -2.24. The average Bonchev–Trinajstić information content (AvgIpc) is 2.50. The van der Waals surface area contributed by atoms with Gasteiger partial charge in [0.2, 0.25) is 0 Å². The summed E-state index contributed by atoms with van der Waals surface area (Å²) in [5.41, 5.74) is 1.19. The minimum atomic E-state index is 0.227. The lowest BCUT2D eigenvalue weighted by Gasteiger charge is -2.15. The van der Waals surface area contributed by atoms with Crippen LogP contribution in [0.3, 0.4) is 0 Å². The monoisotopic (exact) mass is 383 g/mol. The molecule has 0 aromatic heterocycles. The number of rotatable bonds is 7. The van der Waals surface area contributed by atoms with E-state index in [2.05, 4.69) is 34.2 Å². The third kappa shape index (κ3) is 5.20. The zero-order valence-electron chi connectivity index (χ0n) is 12.6. The summed E-state index contributed by atoms with van der Waals surface area (Å²) in [6.45, 7) is 3.42. The SMILES string of the molecule is COc1cccc([C@@H](C)NCCOc2cc(Cl)cc(Br)c2)c1. The van der Waals surface area contributed by atoms with E-state index in [9.17, 15) is 0 Å². The van der Waals surface area contributed by atoms with Crippen molar-refractivity contribution in [1.82, 2.24) is 5.32 Å². The molecule has 0 heterocycles. The Morgan fingerprint density at radius 2 is 2.00 bits per heavy atom. The quantitative estimate of drug-likeness (QED) is 0.693. The highest BCUT2D eigenvalue weighted by Gasteiger charge is 2.06. The summed E-state index contributed by atoms with van der Waals surface area (Å²) >= 11 is 9.38. The van der Waals surface area contributed by atoms with Crippen molar-refractivity contribution in [2.75, 3.05) is 20.3 Å². The molecule has 2 aromatic carbocycles. The van der Waals surface area contributed by atoms with Crippen LogP contribution < -0.4 is 14.8 Å². The molecule has 0 aliphatic heterocycles. The number of benzene rings is 2. The molecule has 0 spiro atoms. The Morgan fingerprint density at radius 3 is 2.73 bits per heavy atom. The second-order valence-corrected chi connectivity index (χ2v) is 6.26. The maximum Gasteiger partial charge on any atom is 0.121 e. The fourth-order valence-electron chi connectivity index (χ4n) is 2.08. The summed E-state index contributed by atoms with van der Waals surface area (Å²) in [5.74, 6) is 1.63. The summed E-state index contributed by atoms with van der Waals surface area (Å²) in [6, 6.07) is 13.8. The second kappa shape index (κ2) is 8.42. The van der Waals surface area contributed by atoms with Crippen molar-refractivity contribution in [2.45, 2.75) is 13.0 Å². The molecule has 0 fully saturated rings. The predicted octanol–water partition coefficient (Wildman–Crippen LogP) is 4.84. The predicted molar refractivity (Wildman–Crippen MR) is 94.1 cm³/mol. The molecule has 2 aromatic rings. The van der Waals surface area contributed by atoms with Gasteiger partial charge in [0.05, 0.1) is 7.11 Å². The van der Waals surface area contributed by atoms with Crippen LogP contribution in [0.25, 0.3) is 0 Å². The zero-order chi connectivity index (χ0) is 15.9. The molecule has 0 saturated carbocycles. The molecule has 2 rings (SSSR count). The lowest BCUT2D eigenvalue weighted by atomic mass is 10.1. The van der Waals surface area contributed by atoms with Gasteiger partial charge < -0.3 is 14.8 Å². The van der Waals surface area contributed by atoms with Crippen molar-refractivity contribution in [1.29, 1.82) is 0 Å². The molecule has 5 heteroatoms. The first-order valence-electron chi connectivity index (χ1n) is 7.04. The summed E-state index contributed by atoms with van der Waals surface area (Å²) in [6.07, 6.45) is 0. The normalized spacial score (nSPS) is 12.0. The number of hydrogen-bond acceptors (Lipinski definition) is 3. The summed E-state index contributed by atoms with van der Waals surface area (Å²) < 4.78 is 11.8. The highest BCUT2D eigenvalue weighted by molar-refractivity contribution is 9.10. The molecular weight excluding hydrogens is 366 g/mol. The second-order valence-electron chi connectivity index (χ2n) is 4.91. The van der Waals surface area contributed by atoms with Gasteiger partial charge in [-0.25, -0.2) is 0 Å². The first-order chi connectivity index (χ1) is 10.6. The standard InChI is InChI=1S/C17H19BrClNO2/c1-12(13-4-3-5-16(8-13)21-2)20-6-7-22-17-10-14(18)9-15(19)11-17/h3-5,8-12,20H,6-7H2,1-2H3/t12-/m1/s1. The Labute approximate surface area is 144 Å². The average molecular weight is 385 g/mol. The maximum absolute atomic E-state index is 5.98. The van der Waals surface area contributed by atoms with Crippen molar-refractivity contribution < 1.29 is 9.47 Å². The van der Waals surface area contributed by atoms with Crippen molar-refractivity contribution >= 4 is 27.5 Å². The van der Waals surface area contributed by atoms with Gasteiger partial charge in [-0.2, -0.15) is 0 Å². The number of halogens is 2. The first kappa shape index (κ1) is 17.1. The molecule has 1 atom stereocenters. The van der Waals surface area contributed by atoms with Crippen LogP contribution in [0, 0.1) is 0 Å². The van der Waals surface area contributed by atoms with Crippen LogP contribution in [0.4, 0.5) is 0 Å². The fraction of sp³-hybridized carbons (Fsp3) is 0.294. The first-order valence-corrected chi connectivity index (χ1v) is 8.22. The van der Waals surface area contributed by atoms with Crippen LogP contribution in [-0.2, 0) is 0 Å². The van der Waals surface area contributed by atoms with E-state index in [0.717, 1.165) is 22.5 Å². The van der Waals surface area contributed by atoms with Crippen molar-refractivity contribution in [3.8, 4) is 11.5 Å². The molecule has 0 unspecified atom stereocenters. The Kier molecular flexibility index (Phi) is 6.55. The van der Waals surface area contributed by atoms with Crippen LogP contribution in [0.2, 0.25) is 5.02 Å². The van der Waals surface area contributed by atoms with Crippen LogP contribution in [0.1, 0.15) is 18.5 Å². The molecule has 118 valence electrons. The van der Waals surface area contributed by atoms with E-state index >= 15 is 0 Å². The molecule has 1 N–H and O–H groups in total. The Balaban J connectivity index is 1.80. The van der Waals surface area contributed by atoms with E-state index in [-0.39, 0.29) is 6.04 Å².